The van der Waals surface area contributed by atoms with Gasteiger partial charge in [-0.2, -0.15) is 13.2 Å². The first kappa shape index (κ1) is 21.9. The van der Waals surface area contributed by atoms with Crippen LogP contribution >= 0.6 is 0 Å². The first-order valence-corrected chi connectivity index (χ1v) is 9.40. The van der Waals surface area contributed by atoms with E-state index in [0.29, 0.717) is 0 Å². The van der Waals surface area contributed by atoms with Gasteiger partial charge in [-0.1, -0.05) is 37.3 Å². The molecule has 1 aromatic heterocycles. The van der Waals surface area contributed by atoms with Gasteiger partial charge in [-0.3, -0.25) is 4.79 Å². The van der Waals surface area contributed by atoms with Crippen LogP contribution in [0.3, 0.4) is 0 Å². The van der Waals surface area contributed by atoms with Crippen molar-refractivity contribution >= 4 is 23.3 Å². The number of hydrogen-bond acceptors (Lipinski definition) is 3. The lowest BCUT2D eigenvalue weighted by atomic mass is 10.0. The molecule has 0 aliphatic heterocycles. The van der Waals surface area contributed by atoms with Crippen LogP contribution in [0.4, 0.5) is 29.3 Å². The topological polar surface area (TPSA) is 83.4 Å². The molecular weight excluding hydrogens is 411 g/mol. The molecule has 0 bridgehead atoms. The van der Waals surface area contributed by atoms with Gasteiger partial charge >= 0.3 is 12.2 Å². The molecule has 162 valence electrons. The number of rotatable bonds is 6. The number of hydrogen-bond donors (Lipinski definition) is 3. The highest BCUT2D eigenvalue weighted by Crippen LogP contribution is 2.36. The third-order valence-corrected chi connectivity index (χ3v) is 4.51. The lowest BCUT2D eigenvalue weighted by Gasteiger charge is -2.17. The van der Waals surface area contributed by atoms with Crippen molar-refractivity contribution in [1.29, 1.82) is 0 Å². The Hall–Kier alpha value is -3.75. The van der Waals surface area contributed by atoms with Crippen molar-refractivity contribution in [1.82, 2.24) is 5.32 Å². The molecule has 2 aromatic carbocycles. The lowest BCUT2D eigenvalue weighted by molar-refractivity contribution is -0.136. The highest BCUT2D eigenvalue weighted by atomic mass is 19.4. The summed E-state index contributed by atoms with van der Waals surface area (Å²) >= 11 is 0. The zero-order valence-electron chi connectivity index (χ0n) is 16.5. The number of carbonyl (C=O) groups is 2. The largest absolute Gasteiger partial charge is 0.459 e. The maximum absolute atomic E-state index is 13.5. The predicted octanol–water partition coefficient (Wildman–Crippen LogP) is 5.48. The van der Waals surface area contributed by atoms with Crippen molar-refractivity contribution in [2.45, 2.75) is 19.0 Å². The number of nitrogens with one attached hydrogen (secondary N) is 3. The number of anilines is 2. The minimum absolute atomic E-state index is 0.0202. The molecule has 0 aliphatic rings. The SMILES string of the molecule is CC(CNC(=O)Nc1ccc(NC(=O)c2ccco2)cc1C(F)(F)F)c1ccccc1. The van der Waals surface area contributed by atoms with Crippen molar-refractivity contribution in [3.05, 3.63) is 83.8 Å². The Morgan fingerprint density at radius 3 is 2.39 bits per heavy atom. The summed E-state index contributed by atoms with van der Waals surface area (Å²) in [6.45, 7) is 2.14. The van der Waals surface area contributed by atoms with Crippen LogP contribution in [0.1, 0.15) is 34.5 Å². The number of amides is 3. The monoisotopic (exact) mass is 431 g/mol. The predicted molar refractivity (Wildman–Crippen MR) is 110 cm³/mol. The third-order valence-electron chi connectivity index (χ3n) is 4.51. The van der Waals surface area contributed by atoms with Gasteiger partial charge in [-0.05, 0) is 41.8 Å². The second-order valence-corrected chi connectivity index (χ2v) is 6.84. The highest BCUT2D eigenvalue weighted by molar-refractivity contribution is 6.02. The molecule has 0 radical (unpaired) electrons. The average Bonchev–Trinajstić information content (AvgIpc) is 3.28. The fourth-order valence-corrected chi connectivity index (χ4v) is 2.88. The molecule has 1 unspecified atom stereocenters. The Kier molecular flexibility index (Phi) is 6.64. The quantitative estimate of drug-likeness (QED) is 0.484. The van der Waals surface area contributed by atoms with Gasteiger partial charge in [-0.15, -0.1) is 0 Å². The molecule has 0 saturated carbocycles. The summed E-state index contributed by atoms with van der Waals surface area (Å²) in [5.41, 5.74) is -0.600. The molecule has 0 saturated heterocycles. The van der Waals surface area contributed by atoms with Crippen molar-refractivity contribution in [2.24, 2.45) is 0 Å². The minimum atomic E-state index is -4.74. The number of alkyl halides is 3. The molecule has 0 aliphatic carbocycles. The molecule has 3 rings (SSSR count). The molecule has 9 heteroatoms. The van der Waals surface area contributed by atoms with E-state index >= 15 is 0 Å². The lowest BCUT2D eigenvalue weighted by Crippen LogP contribution is -2.32. The van der Waals surface area contributed by atoms with E-state index < -0.39 is 29.4 Å². The van der Waals surface area contributed by atoms with E-state index in [1.54, 1.807) is 0 Å². The zero-order valence-corrected chi connectivity index (χ0v) is 16.5. The van der Waals surface area contributed by atoms with Gasteiger partial charge in [0.1, 0.15) is 0 Å². The Bertz CT molecular complexity index is 1040. The Morgan fingerprint density at radius 2 is 1.74 bits per heavy atom. The van der Waals surface area contributed by atoms with Gasteiger partial charge in [0.05, 0.1) is 17.5 Å². The van der Waals surface area contributed by atoms with Crippen molar-refractivity contribution < 1.29 is 27.2 Å². The normalized spacial score (nSPS) is 12.1. The van der Waals surface area contributed by atoms with Gasteiger partial charge < -0.3 is 20.4 Å². The summed E-state index contributed by atoms with van der Waals surface area (Å²) in [4.78, 5) is 24.2. The third kappa shape index (κ3) is 5.88. The Labute approximate surface area is 176 Å². The van der Waals surface area contributed by atoms with E-state index in [1.807, 2.05) is 37.3 Å². The fraction of sp³-hybridized carbons (Fsp3) is 0.182. The maximum Gasteiger partial charge on any atom is 0.418 e. The van der Waals surface area contributed by atoms with E-state index in [2.05, 4.69) is 16.0 Å². The van der Waals surface area contributed by atoms with E-state index in [1.165, 1.54) is 24.5 Å². The molecule has 0 fully saturated rings. The average molecular weight is 431 g/mol. The second-order valence-electron chi connectivity index (χ2n) is 6.84. The maximum atomic E-state index is 13.5. The van der Waals surface area contributed by atoms with Crippen LogP contribution in [-0.4, -0.2) is 18.5 Å². The number of furan rings is 1. The molecular formula is C22H20F3N3O3. The molecule has 31 heavy (non-hydrogen) atoms. The van der Waals surface area contributed by atoms with Gasteiger partial charge in [0.25, 0.3) is 5.91 Å². The molecule has 1 atom stereocenters. The van der Waals surface area contributed by atoms with Gasteiger partial charge in [0.2, 0.25) is 0 Å². The summed E-state index contributed by atoms with van der Waals surface area (Å²) in [6, 6.07) is 14.6. The minimum Gasteiger partial charge on any atom is -0.459 e. The van der Waals surface area contributed by atoms with Crippen molar-refractivity contribution in [2.75, 3.05) is 17.2 Å². The van der Waals surface area contributed by atoms with Crippen LogP contribution in [0.5, 0.6) is 0 Å². The number of benzene rings is 2. The first-order chi connectivity index (χ1) is 14.7. The first-order valence-electron chi connectivity index (χ1n) is 9.40. The standard InChI is InChI=1S/C22H20F3N3O3/c1-14(15-6-3-2-4-7-15)13-26-21(30)28-18-10-9-16(12-17(18)22(23,24)25)27-20(29)19-8-5-11-31-19/h2-12,14H,13H2,1H3,(H,27,29)(H2,26,28,30). The fourth-order valence-electron chi connectivity index (χ4n) is 2.88. The summed E-state index contributed by atoms with van der Waals surface area (Å²) in [5, 5.41) is 7.14. The summed E-state index contributed by atoms with van der Waals surface area (Å²) in [5.74, 6) is -0.748. The van der Waals surface area contributed by atoms with E-state index in [4.69, 9.17) is 4.42 Å². The van der Waals surface area contributed by atoms with Gasteiger partial charge in [0.15, 0.2) is 5.76 Å². The second kappa shape index (κ2) is 9.38. The van der Waals surface area contributed by atoms with E-state index in [9.17, 15) is 22.8 Å². The zero-order chi connectivity index (χ0) is 22.4. The van der Waals surface area contributed by atoms with Crippen LogP contribution in [0.2, 0.25) is 0 Å². The molecule has 0 spiro atoms. The van der Waals surface area contributed by atoms with Crippen molar-refractivity contribution in [3.63, 3.8) is 0 Å². The van der Waals surface area contributed by atoms with Crippen LogP contribution in [0.25, 0.3) is 0 Å². The number of carbonyl (C=O) groups excluding carboxylic acids is 2. The Balaban J connectivity index is 1.68. The molecule has 3 N–H and O–H groups in total. The van der Waals surface area contributed by atoms with E-state index in [0.717, 1.165) is 17.7 Å². The molecule has 3 aromatic rings. The molecule has 1 heterocycles. The molecule has 6 nitrogen and oxygen atoms in total. The summed E-state index contributed by atoms with van der Waals surface area (Å²) < 4.78 is 45.5. The van der Waals surface area contributed by atoms with Crippen LogP contribution in [0.15, 0.2) is 71.3 Å². The number of halogens is 3. The van der Waals surface area contributed by atoms with Crippen LogP contribution in [0, 0.1) is 0 Å². The molecule has 3 amide bonds. The smallest absolute Gasteiger partial charge is 0.418 e. The Morgan fingerprint density at radius 1 is 1.00 bits per heavy atom. The van der Waals surface area contributed by atoms with Gasteiger partial charge in [0, 0.05) is 12.2 Å². The highest BCUT2D eigenvalue weighted by Gasteiger charge is 2.34. The number of urea groups is 1. The van der Waals surface area contributed by atoms with Gasteiger partial charge in [-0.25, -0.2) is 4.79 Å². The van der Waals surface area contributed by atoms with Crippen LogP contribution < -0.4 is 16.0 Å². The van der Waals surface area contributed by atoms with Crippen molar-refractivity contribution in [3.8, 4) is 0 Å². The summed E-state index contributed by atoms with van der Waals surface area (Å²) in [6.07, 6.45) is -3.47. The summed E-state index contributed by atoms with van der Waals surface area (Å²) in [7, 11) is 0. The van der Waals surface area contributed by atoms with Crippen LogP contribution in [-0.2, 0) is 6.18 Å². The van der Waals surface area contributed by atoms with E-state index in [-0.39, 0.29) is 23.9 Å².